The van der Waals surface area contributed by atoms with Crippen molar-refractivity contribution in [2.75, 3.05) is 25.6 Å². The number of hydrazine groups is 1. The minimum atomic E-state index is -3.63. The van der Waals surface area contributed by atoms with E-state index in [1.807, 2.05) is 0 Å². The molecular formula is C12H20N4O3S. The topological polar surface area (TPSA) is 97.5 Å². The lowest BCUT2D eigenvalue weighted by Crippen LogP contribution is -2.37. The molecule has 3 N–H and O–H groups in total. The molecule has 7 nitrogen and oxygen atoms in total. The van der Waals surface area contributed by atoms with E-state index >= 15 is 0 Å². The number of aromatic nitrogens is 1. The van der Waals surface area contributed by atoms with E-state index in [2.05, 4.69) is 10.4 Å². The van der Waals surface area contributed by atoms with Crippen LogP contribution in [0.4, 0.5) is 5.69 Å². The summed E-state index contributed by atoms with van der Waals surface area (Å²) in [6.07, 6.45) is 5.73. The van der Waals surface area contributed by atoms with Crippen LogP contribution >= 0.6 is 0 Å². The number of hydrogen-bond acceptors (Lipinski definition) is 6. The van der Waals surface area contributed by atoms with Gasteiger partial charge in [0, 0.05) is 32.6 Å². The number of nitrogen functional groups attached to an aromatic ring is 1. The van der Waals surface area contributed by atoms with Crippen LogP contribution in [-0.4, -0.2) is 44.0 Å². The maximum atomic E-state index is 12.5. The molecule has 2 heterocycles. The Labute approximate surface area is 119 Å². The quantitative estimate of drug-likeness (QED) is 0.609. The van der Waals surface area contributed by atoms with Crippen molar-refractivity contribution in [2.45, 2.75) is 30.3 Å². The lowest BCUT2D eigenvalue weighted by molar-refractivity contribution is 0.00859. The zero-order valence-electron chi connectivity index (χ0n) is 11.4. The highest BCUT2D eigenvalue weighted by Gasteiger charge is 2.27. The number of anilines is 1. The van der Waals surface area contributed by atoms with E-state index in [0.717, 1.165) is 19.3 Å². The van der Waals surface area contributed by atoms with Crippen molar-refractivity contribution in [3.05, 3.63) is 18.5 Å². The normalized spacial score (nSPS) is 20.1. The highest BCUT2D eigenvalue weighted by atomic mass is 32.2. The van der Waals surface area contributed by atoms with Crippen molar-refractivity contribution in [3.63, 3.8) is 0 Å². The molecular weight excluding hydrogens is 280 g/mol. The molecule has 0 aromatic carbocycles. The molecule has 2 rings (SSSR count). The van der Waals surface area contributed by atoms with Crippen LogP contribution in [0.5, 0.6) is 0 Å². The standard InChI is InChI=1S/C12H20N4O3S/c1-16(9-10-4-2-3-7-19-10)20(17,18)12-8-14-6-5-11(12)15-13/h5-6,8,10H,2-4,7,9,13H2,1H3,(H,14,15). The Morgan fingerprint density at radius 2 is 2.35 bits per heavy atom. The Morgan fingerprint density at radius 1 is 1.55 bits per heavy atom. The van der Waals surface area contributed by atoms with Crippen LogP contribution in [0.3, 0.4) is 0 Å². The van der Waals surface area contributed by atoms with Crippen molar-refractivity contribution in [1.29, 1.82) is 0 Å². The fourth-order valence-corrected chi connectivity index (χ4v) is 3.51. The summed E-state index contributed by atoms with van der Waals surface area (Å²) in [5.41, 5.74) is 2.71. The number of pyridine rings is 1. The Balaban J connectivity index is 2.16. The Kier molecular flexibility index (Phi) is 4.92. The number of nitrogens with one attached hydrogen (secondary N) is 1. The van der Waals surface area contributed by atoms with E-state index in [1.165, 1.54) is 22.8 Å². The van der Waals surface area contributed by atoms with Crippen molar-refractivity contribution in [1.82, 2.24) is 9.29 Å². The summed E-state index contributed by atoms with van der Waals surface area (Å²) in [5, 5.41) is 0. The maximum Gasteiger partial charge on any atom is 0.246 e. The first-order chi connectivity index (χ1) is 9.55. The van der Waals surface area contributed by atoms with Crippen LogP contribution in [-0.2, 0) is 14.8 Å². The van der Waals surface area contributed by atoms with Gasteiger partial charge < -0.3 is 10.2 Å². The highest BCUT2D eigenvalue weighted by molar-refractivity contribution is 7.89. The lowest BCUT2D eigenvalue weighted by atomic mass is 10.1. The van der Waals surface area contributed by atoms with E-state index in [4.69, 9.17) is 10.6 Å². The van der Waals surface area contributed by atoms with Gasteiger partial charge in [-0.1, -0.05) is 0 Å². The number of ether oxygens (including phenoxy) is 1. The number of rotatable bonds is 5. The van der Waals surface area contributed by atoms with Gasteiger partial charge in [-0.2, -0.15) is 4.31 Å². The molecule has 1 aliphatic rings. The molecule has 0 amide bonds. The van der Waals surface area contributed by atoms with Crippen molar-refractivity contribution in [2.24, 2.45) is 5.84 Å². The number of sulfonamides is 1. The van der Waals surface area contributed by atoms with Crippen LogP contribution in [0.2, 0.25) is 0 Å². The number of nitrogens with two attached hydrogens (primary N) is 1. The van der Waals surface area contributed by atoms with Gasteiger partial charge in [0.05, 0.1) is 11.8 Å². The number of hydrogen-bond donors (Lipinski definition) is 2. The third-order valence-electron chi connectivity index (χ3n) is 3.36. The van der Waals surface area contributed by atoms with Crippen LogP contribution in [0.15, 0.2) is 23.4 Å². The Morgan fingerprint density at radius 3 is 3.00 bits per heavy atom. The van der Waals surface area contributed by atoms with Gasteiger partial charge in [-0.15, -0.1) is 0 Å². The molecule has 0 spiro atoms. The van der Waals surface area contributed by atoms with Gasteiger partial charge in [-0.25, -0.2) is 8.42 Å². The second-order valence-corrected chi connectivity index (χ2v) is 6.80. The second kappa shape index (κ2) is 6.49. The summed E-state index contributed by atoms with van der Waals surface area (Å²) in [4.78, 5) is 3.93. The first-order valence-electron chi connectivity index (χ1n) is 6.54. The van der Waals surface area contributed by atoms with Gasteiger partial charge in [0.15, 0.2) is 0 Å². The predicted molar refractivity (Wildman–Crippen MR) is 75.5 cm³/mol. The molecule has 0 aliphatic carbocycles. The summed E-state index contributed by atoms with van der Waals surface area (Å²) >= 11 is 0. The minimum absolute atomic E-state index is 0.0468. The van der Waals surface area contributed by atoms with Gasteiger partial charge in [0.1, 0.15) is 4.90 Å². The summed E-state index contributed by atoms with van der Waals surface area (Å²) in [7, 11) is -2.09. The largest absolute Gasteiger partial charge is 0.377 e. The van der Waals surface area contributed by atoms with E-state index in [1.54, 1.807) is 7.05 Å². The molecule has 1 unspecified atom stereocenters. The molecule has 1 saturated heterocycles. The highest BCUT2D eigenvalue weighted by Crippen LogP contribution is 2.23. The molecule has 1 aromatic rings. The first-order valence-corrected chi connectivity index (χ1v) is 7.98. The predicted octanol–water partition coefficient (Wildman–Crippen LogP) is 0.557. The fraction of sp³-hybridized carbons (Fsp3) is 0.583. The van der Waals surface area contributed by atoms with E-state index in [0.29, 0.717) is 18.8 Å². The van der Waals surface area contributed by atoms with Crippen molar-refractivity contribution >= 4 is 15.7 Å². The molecule has 1 aromatic heterocycles. The summed E-state index contributed by atoms with van der Waals surface area (Å²) in [5.74, 6) is 5.35. The summed E-state index contributed by atoms with van der Waals surface area (Å²) in [6, 6.07) is 1.53. The van der Waals surface area contributed by atoms with Crippen LogP contribution in [0, 0.1) is 0 Å². The maximum absolute atomic E-state index is 12.5. The molecule has 20 heavy (non-hydrogen) atoms. The van der Waals surface area contributed by atoms with Crippen LogP contribution < -0.4 is 11.3 Å². The van der Waals surface area contributed by atoms with Crippen LogP contribution in [0.1, 0.15) is 19.3 Å². The first kappa shape index (κ1) is 15.2. The molecule has 1 fully saturated rings. The third kappa shape index (κ3) is 3.26. The number of nitrogens with zero attached hydrogens (tertiary/aromatic N) is 2. The molecule has 112 valence electrons. The monoisotopic (exact) mass is 300 g/mol. The Bertz CT molecular complexity index is 543. The summed E-state index contributed by atoms with van der Waals surface area (Å²) < 4.78 is 31.9. The second-order valence-electron chi connectivity index (χ2n) is 4.79. The van der Waals surface area contributed by atoms with Crippen molar-refractivity contribution in [3.8, 4) is 0 Å². The van der Waals surface area contributed by atoms with Gasteiger partial charge >= 0.3 is 0 Å². The fourth-order valence-electron chi connectivity index (χ4n) is 2.21. The molecule has 0 saturated carbocycles. The van der Waals surface area contributed by atoms with Gasteiger partial charge in [-0.3, -0.25) is 10.8 Å². The molecule has 1 aliphatic heterocycles. The zero-order chi connectivity index (χ0) is 14.6. The van der Waals surface area contributed by atoms with Gasteiger partial charge in [0.25, 0.3) is 0 Å². The zero-order valence-corrected chi connectivity index (χ0v) is 12.3. The Hall–Kier alpha value is -1.22. The number of likely N-dealkylation sites (N-methyl/N-ethyl adjacent to an activating group) is 1. The van der Waals surface area contributed by atoms with Crippen LogP contribution in [0.25, 0.3) is 0 Å². The SMILES string of the molecule is CN(CC1CCCCO1)S(=O)(=O)c1cnccc1NN. The molecule has 1 atom stereocenters. The minimum Gasteiger partial charge on any atom is -0.377 e. The molecule has 0 bridgehead atoms. The van der Waals surface area contributed by atoms with Crippen molar-refractivity contribution < 1.29 is 13.2 Å². The third-order valence-corrected chi connectivity index (χ3v) is 5.21. The molecule has 0 radical (unpaired) electrons. The van der Waals surface area contributed by atoms with E-state index in [-0.39, 0.29) is 11.0 Å². The smallest absolute Gasteiger partial charge is 0.246 e. The summed E-state index contributed by atoms with van der Waals surface area (Å²) in [6.45, 7) is 1.03. The van der Waals surface area contributed by atoms with E-state index < -0.39 is 10.0 Å². The average Bonchev–Trinajstić information content (AvgIpc) is 2.48. The van der Waals surface area contributed by atoms with Gasteiger partial charge in [0.2, 0.25) is 10.0 Å². The average molecular weight is 300 g/mol. The molecule has 8 heteroatoms. The van der Waals surface area contributed by atoms with E-state index in [9.17, 15) is 8.42 Å². The van der Waals surface area contributed by atoms with Gasteiger partial charge in [-0.05, 0) is 25.3 Å². The lowest BCUT2D eigenvalue weighted by Gasteiger charge is -2.27.